The first-order valence-corrected chi connectivity index (χ1v) is 6.96. The van der Waals surface area contributed by atoms with Crippen LogP contribution in [0.1, 0.15) is 13.3 Å². The lowest BCUT2D eigenvalue weighted by atomic mass is 9.89. The Labute approximate surface area is 127 Å². The van der Waals surface area contributed by atoms with Gasteiger partial charge in [-0.15, -0.1) is 0 Å². The van der Waals surface area contributed by atoms with E-state index in [1.165, 1.54) is 0 Å². The summed E-state index contributed by atoms with van der Waals surface area (Å²) in [6, 6.07) is 1.59. The number of hydrogen-bond donors (Lipinski definition) is 3. The summed E-state index contributed by atoms with van der Waals surface area (Å²) in [5, 5.41) is 3.49. The zero-order chi connectivity index (χ0) is 14.9. The van der Waals surface area contributed by atoms with E-state index in [4.69, 9.17) is 29.0 Å². The molecule has 4 N–H and O–H groups in total. The van der Waals surface area contributed by atoms with Crippen molar-refractivity contribution >= 4 is 40.7 Å². The molecule has 0 saturated carbocycles. The minimum absolute atomic E-state index is 0.0160. The van der Waals surface area contributed by atoms with Crippen molar-refractivity contribution in [1.29, 1.82) is 0 Å². The molecule has 2 rings (SSSR count). The highest BCUT2D eigenvalue weighted by atomic mass is 35.5. The van der Waals surface area contributed by atoms with Crippen molar-refractivity contribution in [3.8, 4) is 0 Å². The van der Waals surface area contributed by atoms with Gasteiger partial charge in [-0.05, 0) is 19.4 Å². The van der Waals surface area contributed by atoms with Gasteiger partial charge in [-0.2, -0.15) is 0 Å². The molecule has 0 aromatic carbocycles. The standard InChI is InChI=1S/C12H17Cl2N5O/c1-12(11(20)16-2)3-4-19(6-12)10-8(14)5-7(13)9(17-10)18-15/h5H,3-4,6,15H2,1-2H3,(H,16,20)(H,17,18). The van der Waals surface area contributed by atoms with Gasteiger partial charge < -0.3 is 15.6 Å². The Morgan fingerprint density at radius 3 is 2.80 bits per heavy atom. The van der Waals surface area contributed by atoms with Gasteiger partial charge in [0.25, 0.3) is 0 Å². The van der Waals surface area contributed by atoms with Crippen LogP contribution in [0.3, 0.4) is 0 Å². The lowest BCUT2D eigenvalue weighted by molar-refractivity contribution is -0.128. The summed E-state index contributed by atoms with van der Waals surface area (Å²) in [6.07, 6.45) is 0.735. The van der Waals surface area contributed by atoms with Gasteiger partial charge in [0.1, 0.15) is 5.82 Å². The molecule has 0 radical (unpaired) electrons. The maximum absolute atomic E-state index is 11.9. The van der Waals surface area contributed by atoms with E-state index in [0.29, 0.717) is 34.8 Å². The maximum Gasteiger partial charge on any atom is 0.227 e. The van der Waals surface area contributed by atoms with Gasteiger partial charge in [0, 0.05) is 20.1 Å². The molecule has 1 saturated heterocycles. The predicted octanol–water partition coefficient (Wildman–Crippen LogP) is 1.64. The first-order valence-electron chi connectivity index (χ1n) is 6.21. The number of nitrogens with two attached hydrogens (primary N) is 1. The predicted molar refractivity (Wildman–Crippen MR) is 81.1 cm³/mol. The third kappa shape index (κ3) is 2.63. The number of nitrogen functional groups attached to an aromatic ring is 1. The smallest absolute Gasteiger partial charge is 0.227 e. The summed E-state index contributed by atoms with van der Waals surface area (Å²) < 4.78 is 0. The van der Waals surface area contributed by atoms with Crippen LogP contribution in [0.2, 0.25) is 10.0 Å². The number of rotatable bonds is 3. The van der Waals surface area contributed by atoms with Gasteiger partial charge in [0.05, 0.1) is 15.5 Å². The SMILES string of the molecule is CNC(=O)C1(C)CCN(c2nc(NN)c(Cl)cc2Cl)C1. The van der Waals surface area contributed by atoms with Crippen molar-refractivity contribution < 1.29 is 4.79 Å². The normalized spacial score (nSPS) is 21.9. The highest BCUT2D eigenvalue weighted by molar-refractivity contribution is 6.37. The number of hydrogen-bond acceptors (Lipinski definition) is 5. The van der Waals surface area contributed by atoms with Crippen molar-refractivity contribution in [2.24, 2.45) is 11.3 Å². The summed E-state index contributed by atoms with van der Waals surface area (Å²) >= 11 is 12.2. The number of nitrogens with zero attached hydrogens (tertiary/aromatic N) is 2. The average Bonchev–Trinajstić information content (AvgIpc) is 2.81. The second-order valence-electron chi connectivity index (χ2n) is 5.08. The van der Waals surface area contributed by atoms with Crippen molar-refractivity contribution in [3.05, 3.63) is 16.1 Å². The number of aromatic nitrogens is 1. The molecule has 110 valence electrons. The first-order chi connectivity index (χ1) is 9.41. The van der Waals surface area contributed by atoms with Crippen molar-refractivity contribution in [3.63, 3.8) is 0 Å². The molecule has 6 nitrogen and oxygen atoms in total. The molecule has 1 atom stereocenters. The third-order valence-corrected chi connectivity index (χ3v) is 4.16. The highest BCUT2D eigenvalue weighted by Crippen LogP contribution is 2.37. The number of amides is 1. The fraction of sp³-hybridized carbons (Fsp3) is 0.500. The second-order valence-corrected chi connectivity index (χ2v) is 5.89. The molecular weight excluding hydrogens is 301 g/mol. The lowest BCUT2D eigenvalue weighted by Gasteiger charge is -2.24. The first kappa shape index (κ1) is 15.2. The summed E-state index contributed by atoms with van der Waals surface area (Å²) in [7, 11) is 1.64. The molecule has 0 bridgehead atoms. The summed E-state index contributed by atoms with van der Waals surface area (Å²) in [4.78, 5) is 18.2. The van der Waals surface area contributed by atoms with Gasteiger partial charge in [0.2, 0.25) is 5.91 Å². The fourth-order valence-corrected chi connectivity index (χ4v) is 2.94. The molecule has 20 heavy (non-hydrogen) atoms. The van der Waals surface area contributed by atoms with Crippen molar-refractivity contribution in [2.75, 3.05) is 30.5 Å². The number of carbonyl (C=O) groups is 1. The van der Waals surface area contributed by atoms with E-state index in [1.54, 1.807) is 13.1 Å². The van der Waals surface area contributed by atoms with Crippen LogP contribution in [0.15, 0.2) is 6.07 Å². The third-order valence-electron chi connectivity index (χ3n) is 3.60. The number of anilines is 2. The molecular formula is C12H17Cl2N5O. The number of nitrogens with one attached hydrogen (secondary N) is 2. The monoisotopic (exact) mass is 317 g/mol. The molecule has 8 heteroatoms. The van der Waals surface area contributed by atoms with Crippen LogP contribution >= 0.6 is 23.2 Å². The molecule has 1 aromatic heterocycles. The van der Waals surface area contributed by atoms with Gasteiger partial charge >= 0.3 is 0 Å². The highest BCUT2D eigenvalue weighted by Gasteiger charge is 2.40. The Morgan fingerprint density at radius 2 is 2.20 bits per heavy atom. The van der Waals surface area contributed by atoms with Crippen LogP contribution in [0, 0.1) is 5.41 Å². The van der Waals surface area contributed by atoms with E-state index >= 15 is 0 Å². The van der Waals surface area contributed by atoms with Gasteiger partial charge in [0.15, 0.2) is 5.82 Å². The van der Waals surface area contributed by atoms with E-state index in [9.17, 15) is 4.79 Å². The molecule has 0 spiro atoms. The molecule has 1 aliphatic heterocycles. The van der Waals surface area contributed by atoms with Crippen LogP contribution in [0.25, 0.3) is 0 Å². The molecule has 1 unspecified atom stereocenters. The van der Waals surface area contributed by atoms with E-state index in [0.717, 1.165) is 6.42 Å². The average molecular weight is 318 g/mol. The molecule has 2 heterocycles. The Bertz CT molecular complexity index is 539. The number of pyridine rings is 1. The number of halogens is 2. The summed E-state index contributed by atoms with van der Waals surface area (Å²) in [5.41, 5.74) is 1.98. The minimum atomic E-state index is -0.449. The largest absolute Gasteiger partial charge is 0.359 e. The van der Waals surface area contributed by atoms with Crippen LogP contribution < -0.4 is 21.5 Å². The molecule has 1 fully saturated rings. The van der Waals surface area contributed by atoms with Gasteiger partial charge in [-0.25, -0.2) is 10.8 Å². The van der Waals surface area contributed by atoms with E-state index in [2.05, 4.69) is 15.7 Å². The molecule has 1 amide bonds. The van der Waals surface area contributed by atoms with Crippen molar-refractivity contribution in [1.82, 2.24) is 10.3 Å². The molecule has 0 aliphatic carbocycles. The second kappa shape index (κ2) is 5.63. The van der Waals surface area contributed by atoms with Crippen LogP contribution in [-0.2, 0) is 4.79 Å². The van der Waals surface area contributed by atoms with E-state index < -0.39 is 5.41 Å². The van der Waals surface area contributed by atoms with Gasteiger partial charge in [-0.1, -0.05) is 23.2 Å². The number of carbonyl (C=O) groups excluding carboxylic acids is 1. The Morgan fingerprint density at radius 1 is 1.50 bits per heavy atom. The quantitative estimate of drug-likeness (QED) is 0.583. The van der Waals surface area contributed by atoms with E-state index in [-0.39, 0.29) is 5.91 Å². The Kier molecular flexibility index (Phi) is 4.27. The Hall–Kier alpha value is -1.24. The maximum atomic E-state index is 11.9. The zero-order valence-corrected chi connectivity index (χ0v) is 12.8. The summed E-state index contributed by atoms with van der Waals surface area (Å²) in [6.45, 7) is 3.17. The van der Waals surface area contributed by atoms with Crippen LogP contribution in [0.4, 0.5) is 11.6 Å². The lowest BCUT2D eigenvalue weighted by Crippen LogP contribution is -2.39. The van der Waals surface area contributed by atoms with Crippen LogP contribution in [-0.4, -0.2) is 31.0 Å². The summed E-state index contributed by atoms with van der Waals surface area (Å²) in [5.74, 6) is 6.33. The molecule has 1 aromatic rings. The van der Waals surface area contributed by atoms with Crippen molar-refractivity contribution in [2.45, 2.75) is 13.3 Å². The van der Waals surface area contributed by atoms with Crippen LogP contribution in [0.5, 0.6) is 0 Å². The Balaban J connectivity index is 2.28. The van der Waals surface area contributed by atoms with Gasteiger partial charge in [-0.3, -0.25) is 4.79 Å². The fourth-order valence-electron chi connectivity index (χ4n) is 2.41. The zero-order valence-electron chi connectivity index (χ0n) is 11.3. The topological polar surface area (TPSA) is 83.3 Å². The molecule has 1 aliphatic rings. The van der Waals surface area contributed by atoms with E-state index in [1.807, 2.05) is 11.8 Å². The minimum Gasteiger partial charge on any atom is -0.359 e. The number of hydrazine groups is 1.